The van der Waals surface area contributed by atoms with Crippen molar-refractivity contribution in [3.05, 3.63) is 29.8 Å². The Balaban J connectivity index is 1.59. The Morgan fingerprint density at radius 1 is 1.29 bits per heavy atom. The molecule has 2 aliphatic rings. The highest BCUT2D eigenvalue weighted by Crippen LogP contribution is 2.31. The summed E-state index contributed by atoms with van der Waals surface area (Å²) in [6.07, 6.45) is 6.86. The van der Waals surface area contributed by atoms with Crippen molar-refractivity contribution in [2.75, 3.05) is 13.2 Å². The van der Waals surface area contributed by atoms with E-state index in [1.165, 1.54) is 0 Å². The molecule has 4 rings (SSSR count). The minimum Gasteiger partial charge on any atom is -0.444 e. The lowest BCUT2D eigenvalue weighted by molar-refractivity contribution is -0.0384. The first kappa shape index (κ1) is 18.9. The average molecular weight is 385 g/mol. The van der Waals surface area contributed by atoms with Gasteiger partial charge in [0.15, 0.2) is 6.23 Å². The van der Waals surface area contributed by atoms with Gasteiger partial charge in [-0.15, -0.1) is 0 Å². The maximum Gasteiger partial charge on any atom is 0.410 e. The van der Waals surface area contributed by atoms with E-state index in [0.29, 0.717) is 19.5 Å². The van der Waals surface area contributed by atoms with Gasteiger partial charge in [0.05, 0.1) is 23.6 Å². The molecule has 0 aliphatic carbocycles. The quantitative estimate of drug-likeness (QED) is 0.789. The lowest BCUT2D eigenvalue weighted by atomic mass is 10.0. The summed E-state index contributed by atoms with van der Waals surface area (Å²) < 4.78 is 13.3. The lowest BCUT2D eigenvalue weighted by Crippen LogP contribution is -2.40. The van der Waals surface area contributed by atoms with Gasteiger partial charge >= 0.3 is 6.09 Å². The van der Waals surface area contributed by atoms with E-state index in [-0.39, 0.29) is 12.3 Å². The van der Waals surface area contributed by atoms with Crippen LogP contribution in [-0.4, -0.2) is 49.5 Å². The lowest BCUT2D eigenvalue weighted by Gasteiger charge is -2.31. The van der Waals surface area contributed by atoms with Gasteiger partial charge in [-0.2, -0.15) is 5.10 Å². The molecule has 1 saturated heterocycles. The van der Waals surface area contributed by atoms with Crippen LogP contribution < -0.4 is 0 Å². The molecule has 1 amide bonds. The van der Waals surface area contributed by atoms with Crippen molar-refractivity contribution in [1.82, 2.24) is 24.6 Å². The SMILES string of the molecule is CC(C)(C)OC(=O)N1CCc2c(ncnc2-c2ccnn2C2CCCCO2)C1. The van der Waals surface area contributed by atoms with Gasteiger partial charge in [0, 0.05) is 24.9 Å². The molecular formula is C20H27N5O3. The summed E-state index contributed by atoms with van der Waals surface area (Å²) in [5.74, 6) is 0. The van der Waals surface area contributed by atoms with Gasteiger partial charge in [-0.25, -0.2) is 19.4 Å². The third kappa shape index (κ3) is 3.87. The number of fused-ring (bicyclic) bond motifs is 1. The molecule has 1 unspecified atom stereocenters. The summed E-state index contributed by atoms with van der Waals surface area (Å²) in [5, 5.41) is 4.50. The van der Waals surface area contributed by atoms with Gasteiger partial charge in [-0.3, -0.25) is 0 Å². The predicted molar refractivity (Wildman–Crippen MR) is 102 cm³/mol. The van der Waals surface area contributed by atoms with Crippen molar-refractivity contribution in [2.24, 2.45) is 0 Å². The summed E-state index contributed by atoms with van der Waals surface area (Å²) in [7, 11) is 0. The summed E-state index contributed by atoms with van der Waals surface area (Å²) in [6, 6.07) is 1.97. The highest BCUT2D eigenvalue weighted by Gasteiger charge is 2.29. The van der Waals surface area contributed by atoms with Crippen LogP contribution in [0.2, 0.25) is 0 Å². The minimum absolute atomic E-state index is 0.0498. The fourth-order valence-electron chi connectivity index (χ4n) is 3.71. The van der Waals surface area contributed by atoms with Gasteiger partial charge in [0.25, 0.3) is 0 Å². The molecule has 0 N–H and O–H groups in total. The number of nitrogens with zero attached hydrogens (tertiary/aromatic N) is 5. The van der Waals surface area contributed by atoms with Crippen molar-refractivity contribution in [3.63, 3.8) is 0 Å². The first-order chi connectivity index (χ1) is 13.4. The van der Waals surface area contributed by atoms with Gasteiger partial charge in [-0.1, -0.05) is 0 Å². The zero-order valence-corrected chi connectivity index (χ0v) is 16.7. The van der Waals surface area contributed by atoms with Crippen LogP contribution in [0.5, 0.6) is 0 Å². The molecule has 0 aromatic carbocycles. The van der Waals surface area contributed by atoms with E-state index in [1.54, 1.807) is 17.4 Å². The highest BCUT2D eigenvalue weighted by atomic mass is 16.6. The first-order valence-corrected chi connectivity index (χ1v) is 9.88. The largest absolute Gasteiger partial charge is 0.444 e. The molecule has 0 saturated carbocycles. The number of ether oxygens (including phenoxy) is 2. The number of rotatable bonds is 2. The maximum absolute atomic E-state index is 12.4. The highest BCUT2D eigenvalue weighted by molar-refractivity contribution is 5.69. The van der Waals surface area contributed by atoms with Crippen molar-refractivity contribution >= 4 is 6.09 Å². The molecule has 2 aliphatic heterocycles. The van der Waals surface area contributed by atoms with Gasteiger partial charge in [-0.05, 0) is 52.5 Å². The second-order valence-corrected chi connectivity index (χ2v) is 8.28. The number of hydrogen-bond donors (Lipinski definition) is 0. The molecule has 1 atom stereocenters. The van der Waals surface area contributed by atoms with Crippen LogP contribution in [0.4, 0.5) is 4.79 Å². The summed E-state index contributed by atoms with van der Waals surface area (Å²) >= 11 is 0. The Labute approximate surface area is 164 Å². The molecule has 1 fully saturated rings. The van der Waals surface area contributed by atoms with Crippen LogP contribution in [-0.2, 0) is 22.4 Å². The van der Waals surface area contributed by atoms with E-state index >= 15 is 0 Å². The molecule has 8 nitrogen and oxygen atoms in total. The standard InChI is InChI=1S/C20H27N5O3/c1-20(2,3)28-19(26)24-10-8-14-15(12-24)21-13-22-18(14)16-7-9-23-25(16)17-6-4-5-11-27-17/h7,9,13,17H,4-6,8,10-12H2,1-3H3. The Morgan fingerprint density at radius 2 is 2.14 bits per heavy atom. The second-order valence-electron chi connectivity index (χ2n) is 8.28. The maximum atomic E-state index is 12.4. The van der Waals surface area contributed by atoms with Crippen LogP contribution in [0.1, 0.15) is 57.5 Å². The Morgan fingerprint density at radius 3 is 2.89 bits per heavy atom. The van der Waals surface area contributed by atoms with Crippen molar-refractivity contribution in [3.8, 4) is 11.4 Å². The molecule has 4 heterocycles. The number of carbonyl (C=O) groups is 1. The van der Waals surface area contributed by atoms with E-state index < -0.39 is 5.60 Å². The molecule has 2 aromatic rings. The van der Waals surface area contributed by atoms with Crippen molar-refractivity contribution in [1.29, 1.82) is 0 Å². The molecule has 2 aromatic heterocycles. The number of amides is 1. The van der Waals surface area contributed by atoms with Crippen molar-refractivity contribution < 1.29 is 14.3 Å². The Bertz CT molecular complexity index is 852. The van der Waals surface area contributed by atoms with Crippen LogP contribution in [0.25, 0.3) is 11.4 Å². The van der Waals surface area contributed by atoms with E-state index in [2.05, 4.69) is 15.1 Å². The van der Waals surface area contributed by atoms with Gasteiger partial charge < -0.3 is 14.4 Å². The molecule has 150 valence electrons. The van der Waals surface area contributed by atoms with Gasteiger partial charge in [0.1, 0.15) is 11.9 Å². The Hall–Kier alpha value is -2.48. The fourth-order valence-corrected chi connectivity index (χ4v) is 3.71. The molecule has 28 heavy (non-hydrogen) atoms. The molecule has 0 spiro atoms. The van der Waals surface area contributed by atoms with E-state index in [4.69, 9.17) is 9.47 Å². The molecular weight excluding hydrogens is 358 g/mol. The zero-order chi connectivity index (χ0) is 19.7. The minimum atomic E-state index is -0.513. The smallest absolute Gasteiger partial charge is 0.410 e. The second kappa shape index (κ2) is 7.50. The van der Waals surface area contributed by atoms with E-state index in [1.807, 2.05) is 31.5 Å². The van der Waals surface area contributed by atoms with Crippen molar-refractivity contribution in [2.45, 2.75) is 64.8 Å². The average Bonchev–Trinajstić information content (AvgIpc) is 3.16. The van der Waals surface area contributed by atoms with Crippen LogP contribution in [0.3, 0.4) is 0 Å². The number of aromatic nitrogens is 4. The van der Waals surface area contributed by atoms with Crippen LogP contribution in [0, 0.1) is 0 Å². The molecule has 0 bridgehead atoms. The topological polar surface area (TPSA) is 82.4 Å². The normalized spacial score (nSPS) is 20.0. The van der Waals surface area contributed by atoms with Gasteiger partial charge in [0.2, 0.25) is 0 Å². The summed E-state index contributed by atoms with van der Waals surface area (Å²) in [6.45, 7) is 7.38. The molecule has 8 heteroatoms. The third-order valence-electron chi connectivity index (χ3n) is 5.00. The fraction of sp³-hybridized carbons (Fsp3) is 0.600. The zero-order valence-electron chi connectivity index (χ0n) is 16.7. The van der Waals surface area contributed by atoms with Crippen LogP contribution in [0.15, 0.2) is 18.6 Å². The Kier molecular flexibility index (Phi) is 5.05. The molecule has 0 radical (unpaired) electrons. The predicted octanol–water partition coefficient (Wildman–Crippen LogP) is 3.33. The number of hydrogen-bond acceptors (Lipinski definition) is 6. The summed E-state index contributed by atoms with van der Waals surface area (Å²) in [5.41, 5.74) is 3.23. The van der Waals surface area contributed by atoms with Crippen LogP contribution >= 0.6 is 0 Å². The number of carbonyl (C=O) groups excluding carboxylic acids is 1. The van der Waals surface area contributed by atoms with E-state index in [0.717, 1.165) is 48.5 Å². The monoisotopic (exact) mass is 385 g/mol. The van der Waals surface area contributed by atoms with E-state index in [9.17, 15) is 4.79 Å². The first-order valence-electron chi connectivity index (χ1n) is 9.88. The third-order valence-corrected chi connectivity index (χ3v) is 5.00. The summed E-state index contributed by atoms with van der Waals surface area (Å²) in [4.78, 5) is 23.1.